The highest BCUT2D eigenvalue weighted by atomic mass is 15.2. The third kappa shape index (κ3) is 3.46. The molecular weight excluding hydrogens is 184 g/mol. The molecule has 15 heavy (non-hydrogen) atoms. The zero-order chi connectivity index (χ0) is 11.7. The van der Waals surface area contributed by atoms with Crippen molar-refractivity contribution in [2.75, 3.05) is 26.7 Å². The molecule has 0 aromatic heterocycles. The van der Waals surface area contributed by atoms with E-state index in [1.807, 2.05) is 0 Å². The summed E-state index contributed by atoms with van der Waals surface area (Å²) >= 11 is 0. The van der Waals surface area contributed by atoms with Gasteiger partial charge in [0.2, 0.25) is 0 Å². The molecule has 0 spiro atoms. The summed E-state index contributed by atoms with van der Waals surface area (Å²) in [6, 6.07) is 0. The lowest BCUT2D eigenvalue weighted by molar-refractivity contribution is 0.0351. The topological polar surface area (TPSA) is 6.48 Å². The first-order chi connectivity index (χ1) is 6.73. The van der Waals surface area contributed by atoms with E-state index in [0.717, 1.165) is 0 Å². The summed E-state index contributed by atoms with van der Waals surface area (Å²) in [5, 5.41) is 0. The van der Waals surface area contributed by atoms with Crippen molar-refractivity contribution in [3.63, 3.8) is 0 Å². The van der Waals surface area contributed by atoms with E-state index >= 15 is 0 Å². The smallest absolute Gasteiger partial charge is 0.0165 e. The number of nitrogens with zero attached hydrogens (tertiary/aromatic N) is 2. The fourth-order valence-corrected chi connectivity index (χ4v) is 1.86. The molecule has 1 rings (SSSR count). The molecule has 0 amide bonds. The molecule has 1 fully saturated rings. The molecule has 90 valence electrons. The Labute approximate surface area is 95.6 Å². The molecule has 2 heteroatoms. The molecule has 0 unspecified atom stereocenters. The molecule has 0 aliphatic carbocycles. The van der Waals surface area contributed by atoms with Gasteiger partial charge >= 0.3 is 0 Å². The van der Waals surface area contributed by atoms with Gasteiger partial charge in [0.25, 0.3) is 0 Å². The van der Waals surface area contributed by atoms with Crippen LogP contribution in [-0.2, 0) is 0 Å². The summed E-state index contributed by atoms with van der Waals surface area (Å²) < 4.78 is 0. The van der Waals surface area contributed by atoms with Crippen LogP contribution in [0.25, 0.3) is 0 Å². The highest BCUT2D eigenvalue weighted by molar-refractivity contribution is 4.88. The van der Waals surface area contributed by atoms with E-state index in [4.69, 9.17) is 0 Å². The van der Waals surface area contributed by atoms with Crippen molar-refractivity contribution >= 4 is 0 Å². The first-order valence-corrected chi connectivity index (χ1v) is 6.20. The minimum Gasteiger partial charge on any atom is -0.301 e. The molecule has 1 saturated heterocycles. The van der Waals surface area contributed by atoms with Crippen LogP contribution in [0.5, 0.6) is 0 Å². The van der Waals surface area contributed by atoms with Gasteiger partial charge in [0.05, 0.1) is 0 Å². The maximum absolute atomic E-state index is 2.60. The summed E-state index contributed by atoms with van der Waals surface area (Å²) in [4.78, 5) is 5.05. The Balaban J connectivity index is 2.35. The minimum atomic E-state index is 0.297. The molecule has 0 saturated carbocycles. The van der Waals surface area contributed by atoms with Crippen LogP contribution in [0.3, 0.4) is 0 Å². The molecular formula is C13H28N2. The molecule has 0 radical (unpaired) electrons. The molecule has 2 nitrogen and oxygen atoms in total. The molecule has 0 aromatic rings. The summed E-state index contributed by atoms with van der Waals surface area (Å²) in [5.74, 6) is 0. The van der Waals surface area contributed by atoms with Gasteiger partial charge in [0, 0.05) is 17.6 Å². The van der Waals surface area contributed by atoms with E-state index in [-0.39, 0.29) is 0 Å². The maximum Gasteiger partial charge on any atom is 0.0165 e. The quantitative estimate of drug-likeness (QED) is 0.707. The standard InChI is InChI=1S/C13H28N2/c1-12(2,3)14(6)11-8-13(4,5)15-9-7-10-15/h7-11H2,1-6H3. The number of hydrogen-bond acceptors (Lipinski definition) is 2. The van der Waals surface area contributed by atoms with Crippen LogP contribution in [-0.4, -0.2) is 47.6 Å². The first-order valence-electron chi connectivity index (χ1n) is 6.20. The predicted octanol–water partition coefficient (Wildman–Crippen LogP) is 2.59. The van der Waals surface area contributed by atoms with Crippen molar-refractivity contribution in [1.29, 1.82) is 0 Å². The third-order valence-corrected chi connectivity index (χ3v) is 3.92. The molecule has 0 atom stereocenters. The Bertz CT molecular complexity index is 199. The zero-order valence-electron chi connectivity index (χ0n) is 11.4. The van der Waals surface area contributed by atoms with Crippen molar-refractivity contribution < 1.29 is 0 Å². The van der Waals surface area contributed by atoms with Crippen molar-refractivity contribution in [3.8, 4) is 0 Å². The Morgan fingerprint density at radius 3 is 1.93 bits per heavy atom. The van der Waals surface area contributed by atoms with E-state index in [1.165, 1.54) is 32.5 Å². The molecule has 0 N–H and O–H groups in total. The second-order valence-corrected chi connectivity index (χ2v) is 6.50. The van der Waals surface area contributed by atoms with Crippen LogP contribution < -0.4 is 0 Å². The van der Waals surface area contributed by atoms with Crippen LogP contribution in [0.1, 0.15) is 47.5 Å². The second-order valence-electron chi connectivity index (χ2n) is 6.50. The molecule has 1 heterocycles. The maximum atomic E-state index is 2.60. The Morgan fingerprint density at radius 2 is 1.60 bits per heavy atom. The average molecular weight is 212 g/mol. The predicted molar refractivity (Wildman–Crippen MR) is 67.3 cm³/mol. The van der Waals surface area contributed by atoms with Gasteiger partial charge in [-0.25, -0.2) is 0 Å². The Kier molecular flexibility index (Phi) is 3.83. The number of likely N-dealkylation sites (tertiary alicyclic amines) is 1. The van der Waals surface area contributed by atoms with Gasteiger partial charge in [-0.1, -0.05) is 0 Å². The zero-order valence-corrected chi connectivity index (χ0v) is 11.4. The van der Waals surface area contributed by atoms with Gasteiger partial charge in [0.15, 0.2) is 0 Å². The normalized spacial score (nSPS) is 19.4. The fourth-order valence-electron chi connectivity index (χ4n) is 1.86. The lowest BCUT2D eigenvalue weighted by Crippen LogP contribution is -2.53. The van der Waals surface area contributed by atoms with Gasteiger partial charge in [-0.05, 0) is 67.6 Å². The van der Waals surface area contributed by atoms with E-state index in [1.54, 1.807) is 0 Å². The summed E-state index contributed by atoms with van der Waals surface area (Å²) in [7, 11) is 2.23. The van der Waals surface area contributed by atoms with Crippen LogP contribution in [0.4, 0.5) is 0 Å². The van der Waals surface area contributed by atoms with Crippen molar-refractivity contribution in [2.45, 2.75) is 58.5 Å². The Hall–Kier alpha value is -0.0800. The lowest BCUT2D eigenvalue weighted by atomic mass is 9.93. The average Bonchev–Trinajstić information content (AvgIpc) is 1.93. The largest absolute Gasteiger partial charge is 0.301 e. The fraction of sp³-hybridized carbons (Fsp3) is 1.00. The SMILES string of the molecule is CN(CCC(C)(C)N1CCC1)C(C)(C)C. The van der Waals surface area contributed by atoms with Gasteiger partial charge in [-0.3, -0.25) is 4.90 Å². The van der Waals surface area contributed by atoms with Crippen molar-refractivity contribution in [1.82, 2.24) is 9.80 Å². The van der Waals surface area contributed by atoms with E-state index in [0.29, 0.717) is 11.1 Å². The second kappa shape index (κ2) is 4.42. The van der Waals surface area contributed by atoms with Crippen molar-refractivity contribution in [3.05, 3.63) is 0 Å². The number of rotatable bonds is 4. The molecule has 1 aliphatic rings. The van der Waals surface area contributed by atoms with Gasteiger partial charge in [0.1, 0.15) is 0 Å². The van der Waals surface area contributed by atoms with Gasteiger partial charge < -0.3 is 4.90 Å². The third-order valence-electron chi connectivity index (χ3n) is 3.92. The first kappa shape index (κ1) is 13.0. The summed E-state index contributed by atoms with van der Waals surface area (Å²) in [6.45, 7) is 15.4. The van der Waals surface area contributed by atoms with Crippen LogP contribution in [0.2, 0.25) is 0 Å². The lowest BCUT2D eigenvalue weighted by Gasteiger charge is -2.46. The molecule has 1 aliphatic heterocycles. The number of hydrogen-bond donors (Lipinski definition) is 0. The van der Waals surface area contributed by atoms with E-state index in [9.17, 15) is 0 Å². The van der Waals surface area contributed by atoms with Crippen LogP contribution >= 0.6 is 0 Å². The monoisotopic (exact) mass is 212 g/mol. The molecule has 0 aromatic carbocycles. The minimum absolute atomic E-state index is 0.297. The van der Waals surface area contributed by atoms with Gasteiger partial charge in [-0.15, -0.1) is 0 Å². The van der Waals surface area contributed by atoms with Crippen LogP contribution in [0, 0.1) is 0 Å². The summed E-state index contributed by atoms with van der Waals surface area (Å²) in [6.07, 6.45) is 2.65. The van der Waals surface area contributed by atoms with Crippen LogP contribution in [0.15, 0.2) is 0 Å². The Morgan fingerprint density at radius 1 is 1.07 bits per heavy atom. The van der Waals surface area contributed by atoms with E-state index in [2.05, 4.69) is 51.5 Å². The molecule has 0 bridgehead atoms. The van der Waals surface area contributed by atoms with Gasteiger partial charge in [-0.2, -0.15) is 0 Å². The highest BCUT2D eigenvalue weighted by Gasteiger charge is 2.31. The van der Waals surface area contributed by atoms with Crippen molar-refractivity contribution in [2.24, 2.45) is 0 Å². The highest BCUT2D eigenvalue weighted by Crippen LogP contribution is 2.25. The summed E-state index contributed by atoms with van der Waals surface area (Å²) in [5.41, 5.74) is 0.683. The van der Waals surface area contributed by atoms with E-state index < -0.39 is 0 Å².